The molecule has 1 aliphatic rings. The Hall–Kier alpha value is -1.67. The maximum atomic E-state index is 5.39. The predicted molar refractivity (Wildman–Crippen MR) is 104 cm³/mol. The summed E-state index contributed by atoms with van der Waals surface area (Å²) in [5.41, 5.74) is 0. The topological polar surface area (TPSA) is 79.6 Å². The van der Waals surface area contributed by atoms with Gasteiger partial charge in [-0.25, -0.2) is 4.99 Å². The van der Waals surface area contributed by atoms with E-state index in [2.05, 4.69) is 44.6 Å². The number of nitrogens with one attached hydrogen (secondary N) is 2. The van der Waals surface area contributed by atoms with Crippen LogP contribution in [0, 0.1) is 12.8 Å². The van der Waals surface area contributed by atoms with Crippen LogP contribution in [0.25, 0.3) is 0 Å². The summed E-state index contributed by atoms with van der Waals surface area (Å²) in [6.07, 6.45) is 2.21. The second kappa shape index (κ2) is 11.1. The molecule has 0 bridgehead atoms. The maximum Gasteiger partial charge on any atom is 0.191 e. The van der Waals surface area contributed by atoms with Gasteiger partial charge in [-0.15, -0.1) is 10.2 Å². The summed E-state index contributed by atoms with van der Waals surface area (Å²) in [6.45, 7) is 13.7. The minimum atomic E-state index is 0.526. The Balaban J connectivity index is 1.79. The molecule has 0 radical (unpaired) electrons. The number of nitrogens with zero attached hydrogens (tertiary/aromatic N) is 5. The van der Waals surface area contributed by atoms with Gasteiger partial charge in [-0.3, -0.25) is 4.90 Å². The number of rotatable bonds is 9. The van der Waals surface area contributed by atoms with Crippen LogP contribution in [0.3, 0.4) is 0 Å². The van der Waals surface area contributed by atoms with Crippen molar-refractivity contribution in [3.05, 3.63) is 11.6 Å². The molecule has 26 heavy (non-hydrogen) atoms. The second-order valence-corrected chi connectivity index (χ2v) is 7.23. The van der Waals surface area contributed by atoms with Crippen LogP contribution in [0.5, 0.6) is 0 Å². The van der Waals surface area contributed by atoms with Crippen molar-refractivity contribution in [3.8, 4) is 0 Å². The van der Waals surface area contributed by atoms with Crippen LogP contribution in [0.1, 0.15) is 38.3 Å². The molecule has 0 unspecified atom stereocenters. The largest absolute Gasteiger partial charge is 0.379 e. The summed E-state index contributed by atoms with van der Waals surface area (Å²) in [5.74, 6) is 3.31. The smallest absolute Gasteiger partial charge is 0.191 e. The number of aryl methyl sites for hydroxylation is 1. The molecule has 2 heterocycles. The zero-order valence-electron chi connectivity index (χ0n) is 16.8. The van der Waals surface area contributed by atoms with Gasteiger partial charge in [-0.1, -0.05) is 13.8 Å². The van der Waals surface area contributed by atoms with E-state index >= 15 is 0 Å². The van der Waals surface area contributed by atoms with Crippen molar-refractivity contribution in [1.82, 2.24) is 30.3 Å². The molecular formula is C18H35N7O. The van der Waals surface area contributed by atoms with E-state index in [1.807, 2.05) is 18.5 Å². The molecule has 1 fully saturated rings. The molecule has 1 aliphatic heterocycles. The summed E-state index contributed by atoms with van der Waals surface area (Å²) in [7, 11) is 1.97. The van der Waals surface area contributed by atoms with E-state index in [0.717, 1.165) is 76.4 Å². The Labute approximate surface area is 157 Å². The van der Waals surface area contributed by atoms with Gasteiger partial charge in [0.1, 0.15) is 12.4 Å². The molecule has 0 spiro atoms. The van der Waals surface area contributed by atoms with E-state index in [1.165, 1.54) is 0 Å². The lowest BCUT2D eigenvalue weighted by Crippen LogP contribution is -2.41. The third-order valence-electron chi connectivity index (χ3n) is 4.62. The van der Waals surface area contributed by atoms with Gasteiger partial charge in [0.25, 0.3) is 0 Å². The fourth-order valence-corrected chi connectivity index (χ4v) is 2.73. The van der Waals surface area contributed by atoms with E-state index in [1.54, 1.807) is 0 Å². The summed E-state index contributed by atoms with van der Waals surface area (Å²) < 4.78 is 7.37. The van der Waals surface area contributed by atoms with Crippen molar-refractivity contribution in [2.24, 2.45) is 18.0 Å². The number of morpholine rings is 1. The molecule has 148 valence electrons. The van der Waals surface area contributed by atoms with Crippen molar-refractivity contribution < 1.29 is 4.74 Å². The number of hydrogen-bond acceptors (Lipinski definition) is 5. The highest BCUT2D eigenvalue weighted by atomic mass is 16.5. The first-order valence-corrected chi connectivity index (χ1v) is 9.73. The first kappa shape index (κ1) is 20.6. The van der Waals surface area contributed by atoms with Crippen LogP contribution in [0.15, 0.2) is 4.99 Å². The van der Waals surface area contributed by atoms with Crippen LogP contribution in [-0.4, -0.2) is 71.6 Å². The molecular weight excluding hydrogens is 330 g/mol. The molecule has 0 saturated carbocycles. The minimum absolute atomic E-state index is 0.526. The Bertz CT molecular complexity index is 550. The van der Waals surface area contributed by atoms with Crippen molar-refractivity contribution in [2.75, 3.05) is 45.9 Å². The van der Waals surface area contributed by atoms with E-state index in [-0.39, 0.29) is 0 Å². The zero-order chi connectivity index (χ0) is 18.8. The third-order valence-corrected chi connectivity index (χ3v) is 4.62. The molecule has 2 N–H and O–H groups in total. The van der Waals surface area contributed by atoms with Crippen molar-refractivity contribution >= 4 is 5.96 Å². The molecule has 1 aromatic rings. The van der Waals surface area contributed by atoms with Gasteiger partial charge in [0, 0.05) is 33.2 Å². The number of hydrogen-bond donors (Lipinski definition) is 2. The quantitative estimate of drug-likeness (QED) is 0.385. The maximum absolute atomic E-state index is 5.39. The highest BCUT2D eigenvalue weighted by molar-refractivity contribution is 5.79. The van der Waals surface area contributed by atoms with Gasteiger partial charge in [-0.2, -0.15) is 0 Å². The first-order chi connectivity index (χ1) is 12.6. The van der Waals surface area contributed by atoms with E-state index in [9.17, 15) is 0 Å². The van der Waals surface area contributed by atoms with Crippen LogP contribution < -0.4 is 10.6 Å². The average Bonchev–Trinajstić information content (AvgIpc) is 2.95. The molecule has 1 saturated heterocycles. The molecule has 0 aliphatic carbocycles. The Morgan fingerprint density at radius 2 is 1.92 bits per heavy atom. The van der Waals surface area contributed by atoms with Crippen molar-refractivity contribution in [2.45, 2.75) is 40.2 Å². The molecule has 0 atom stereocenters. The Kier molecular flexibility index (Phi) is 8.84. The summed E-state index contributed by atoms with van der Waals surface area (Å²) >= 11 is 0. The minimum Gasteiger partial charge on any atom is -0.379 e. The summed E-state index contributed by atoms with van der Waals surface area (Å²) in [6, 6.07) is 0. The molecule has 0 aromatic carbocycles. The lowest BCUT2D eigenvalue weighted by molar-refractivity contribution is 0.0376. The monoisotopic (exact) mass is 365 g/mol. The van der Waals surface area contributed by atoms with Gasteiger partial charge in [0.2, 0.25) is 0 Å². The lowest BCUT2D eigenvalue weighted by atomic mass is 10.1. The van der Waals surface area contributed by atoms with Crippen LogP contribution >= 0.6 is 0 Å². The highest BCUT2D eigenvalue weighted by Gasteiger charge is 2.10. The summed E-state index contributed by atoms with van der Waals surface area (Å²) in [4.78, 5) is 7.14. The molecule has 8 heteroatoms. The van der Waals surface area contributed by atoms with Crippen LogP contribution in [0.4, 0.5) is 0 Å². The Morgan fingerprint density at radius 3 is 2.58 bits per heavy atom. The highest BCUT2D eigenvalue weighted by Crippen LogP contribution is 2.00. The van der Waals surface area contributed by atoms with E-state index < -0.39 is 0 Å². The van der Waals surface area contributed by atoms with Gasteiger partial charge >= 0.3 is 0 Å². The lowest BCUT2D eigenvalue weighted by Gasteiger charge is -2.26. The fraction of sp³-hybridized carbons (Fsp3) is 0.833. The first-order valence-electron chi connectivity index (χ1n) is 9.73. The van der Waals surface area contributed by atoms with E-state index in [0.29, 0.717) is 12.5 Å². The Morgan fingerprint density at radius 1 is 1.19 bits per heavy atom. The molecule has 2 rings (SSSR count). The van der Waals surface area contributed by atoms with Gasteiger partial charge < -0.3 is 19.9 Å². The van der Waals surface area contributed by atoms with Crippen molar-refractivity contribution in [1.29, 1.82) is 0 Å². The zero-order valence-corrected chi connectivity index (χ0v) is 16.8. The van der Waals surface area contributed by atoms with Gasteiger partial charge in [-0.05, 0) is 32.2 Å². The number of guanidine groups is 1. The second-order valence-electron chi connectivity index (χ2n) is 7.23. The SMILES string of the molecule is Cc1nnc(CN=C(NCCCN2CCOCC2)NCCC(C)C)n1C. The van der Waals surface area contributed by atoms with Crippen LogP contribution in [-0.2, 0) is 18.3 Å². The van der Waals surface area contributed by atoms with Crippen molar-refractivity contribution in [3.63, 3.8) is 0 Å². The van der Waals surface area contributed by atoms with Gasteiger partial charge in [0.15, 0.2) is 11.8 Å². The fourth-order valence-electron chi connectivity index (χ4n) is 2.73. The van der Waals surface area contributed by atoms with Crippen LogP contribution in [0.2, 0.25) is 0 Å². The standard InChI is InChI=1S/C18H35N7O/c1-15(2)6-8-20-18(21-14-17-23-22-16(3)24(17)4)19-7-5-9-25-10-12-26-13-11-25/h15H,5-14H2,1-4H3,(H2,19,20,21). The molecule has 8 nitrogen and oxygen atoms in total. The molecule has 1 aromatic heterocycles. The third kappa shape index (κ3) is 7.29. The normalized spacial score (nSPS) is 16.3. The number of ether oxygens (including phenoxy) is 1. The number of aromatic nitrogens is 3. The van der Waals surface area contributed by atoms with Gasteiger partial charge in [0.05, 0.1) is 13.2 Å². The summed E-state index contributed by atoms with van der Waals surface area (Å²) in [5, 5.41) is 15.2. The van der Waals surface area contributed by atoms with E-state index in [4.69, 9.17) is 4.74 Å². The predicted octanol–water partition coefficient (Wildman–Crippen LogP) is 0.927. The average molecular weight is 366 g/mol. The molecule has 0 amide bonds. The number of aliphatic imine (C=N–C) groups is 1.